The van der Waals surface area contributed by atoms with Crippen molar-refractivity contribution in [3.8, 4) is 22.5 Å². The van der Waals surface area contributed by atoms with E-state index in [-0.39, 0.29) is 16.5 Å². The van der Waals surface area contributed by atoms with Crippen LogP contribution in [0.3, 0.4) is 0 Å². The second-order valence-electron chi connectivity index (χ2n) is 8.29. The summed E-state index contributed by atoms with van der Waals surface area (Å²) in [7, 11) is 1.53. The van der Waals surface area contributed by atoms with Gasteiger partial charge in [0.15, 0.2) is 5.43 Å². The van der Waals surface area contributed by atoms with Gasteiger partial charge in [0.05, 0.1) is 11.3 Å². The highest BCUT2D eigenvalue weighted by molar-refractivity contribution is 6.31. The maximum atomic E-state index is 12.9. The highest BCUT2D eigenvalue weighted by Crippen LogP contribution is 2.35. The number of aromatic amines is 1. The summed E-state index contributed by atoms with van der Waals surface area (Å²) >= 11 is 6.53. The van der Waals surface area contributed by atoms with Crippen molar-refractivity contribution in [2.75, 3.05) is 0 Å². The van der Waals surface area contributed by atoms with Crippen LogP contribution in [0.1, 0.15) is 48.1 Å². The lowest BCUT2D eigenvalue weighted by Crippen LogP contribution is -2.13. The normalized spacial score (nSPS) is 11.7. The lowest BCUT2D eigenvalue weighted by Gasteiger charge is -2.22. The summed E-state index contributed by atoms with van der Waals surface area (Å²) in [6.45, 7) is 10.1. The van der Waals surface area contributed by atoms with Gasteiger partial charge in [0.1, 0.15) is 5.69 Å². The molecule has 0 saturated carbocycles. The minimum atomic E-state index is -1.10. The van der Waals surface area contributed by atoms with Gasteiger partial charge in [-0.2, -0.15) is 5.10 Å². The zero-order chi connectivity index (χ0) is 21.7. The van der Waals surface area contributed by atoms with Gasteiger partial charge in [-0.3, -0.25) is 9.48 Å². The van der Waals surface area contributed by atoms with Gasteiger partial charge in [0.25, 0.3) is 0 Å². The Labute approximate surface area is 174 Å². The van der Waals surface area contributed by atoms with Gasteiger partial charge in [-0.15, -0.1) is 0 Å². The van der Waals surface area contributed by atoms with Crippen LogP contribution in [0.15, 0.2) is 29.1 Å². The molecule has 0 aliphatic carbocycles. The number of benzene rings is 1. The zero-order valence-corrected chi connectivity index (χ0v) is 18.1. The molecule has 0 radical (unpaired) electrons. The van der Waals surface area contributed by atoms with Crippen molar-refractivity contribution in [3.63, 3.8) is 0 Å². The predicted molar refractivity (Wildman–Crippen MR) is 115 cm³/mol. The molecule has 0 amide bonds. The number of hydrogen-bond acceptors (Lipinski definition) is 3. The summed E-state index contributed by atoms with van der Waals surface area (Å²) in [5, 5.41) is 14.1. The summed E-state index contributed by atoms with van der Waals surface area (Å²) < 4.78 is 1.25. The molecule has 7 heteroatoms. The van der Waals surface area contributed by atoms with Gasteiger partial charge in [-0.25, -0.2) is 4.79 Å². The number of nitrogens with zero attached hydrogens (tertiary/aromatic N) is 2. The molecule has 3 aromatic rings. The van der Waals surface area contributed by atoms with Gasteiger partial charge in [-0.1, -0.05) is 38.4 Å². The number of H-pyrrole nitrogens is 1. The molecule has 3 rings (SSSR count). The van der Waals surface area contributed by atoms with Gasteiger partial charge in [0.2, 0.25) is 0 Å². The van der Waals surface area contributed by atoms with E-state index < -0.39 is 5.97 Å². The molecule has 0 unspecified atom stereocenters. The van der Waals surface area contributed by atoms with Crippen molar-refractivity contribution in [1.29, 1.82) is 0 Å². The fourth-order valence-electron chi connectivity index (χ4n) is 3.49. The van der Waals surface area contributed by atoms with Gasteiger partial charge >= 0.3 is 5.97 Å². The Morgan fingerprint density at radius 3 is 2.34 bits per heavy atom. The van der Waals surface area contributed by atoms with Crippen LogP contribution in [0.25, 0.3) is 22.5 Å². The highest BCUT2D eigenvalue weighted by atomic mass is 35.5. The third-order valence-electron chi connectivity index (χ3n) is 4.99. The first-order valence-electron chi connectivity index (χ1n) is 9.22. The largest absolute Gasteiger partial charge is 0.477 e. The standard InChI is InChI=1S/C22H24ClN3O3/c1-11-7-14(22(3,4)5)15(23)8-13(11)16-10-19(27)20(12(2)24-16)17-9-18(21(28)29)26(6)25-17/h7-10H,1-6H3,(H,24,27)(H,28,29). The number of halogens is 1. The van der Waals surface area contributed by atoms with Crippen molar-refractivity contribution in [2.24, 2.45) is 7.05 Å². The molecule has 0 bridgehead atoms. The second kappa shape index (κ2) is 7.19. The number of carboxylic acid groups (broad SMARTS) is 1. The van der Waals surface area contributed by atoms with Crippen LogP contribution >= 0.6 is 11.6 Å². The molecule has 0 spiro atoms. The predicted octanol–water partition coefficient (Wildman–Crippen LogP) is 4.71. The number of pyridine rings is 1. The van der Waals surface area contributed by atoms with Gasteiger partial charge in [-0.05, 0) is 42.5 Å². The first kappa shape index (κ1) is 20.9. The molecule has 152 valence electrons. The molecule has 0 fully saturated rings. The molecule has 29 heavy (non-hydrogen) atoms. The van der Waals surface area contributed by atoms with Crippen molar-refractivity contribution < 1.29 is 9.90 Å². The summed E-state index contributed by atoms with van der Waals surface area (Å²) in [6, 6.07) is 6.84. The minimum Gasteiger partial charge on any atom is -0.477 e. The monoisotopic (exact) mass is 413 g/mol. The molecule has 0 aliphatic rings. The maximum absolute atomic E-state index is 12.9. The molecule has 1 aromatic carbocycles. The molecule has 6 nitrogen and oxygen atoms in total. The lowest BCUT2D eigenvalue weighted by atomic mass is 9.85. The Bertz CT molecular complexity index is 1180. The van der Waals surface area contributed by atoms with Crippen molar-refractivity contribution in [3.05, 3.63) is 62.0 Å². The van der Waals surface area contributed by atoms with Crippen LogP contribution in [-0.2, 0) is 12.5 Å². The second-order valence-corrected chi connectivity index (χ2v) is 8.70. The van der Waals surface area contributed by atoms with E-state index in [0.29, 0.717) is 27.7 Å². The van der Waals surface area contributed by atoms with E-state index in [1.54, 1.807) is 6.92 Å². The Morgan fingerprint density at radius 2 is 1.83 bits per heavy atom. The van der Waals surface area contributed by atoms with Crippen LogP contribution in [0.5, 0.6) is 0 Å². The molecule has 0 saturated heterocycles. The number of aryl methyl sites for hydroxylation is 3. The Balaban J connectivity index is 2.14. The first-order chi connectivity index (χ1) is 13.4. The Hall–Kier alpha value is -2.86. The van der Waals surface area contributed by atoms with E-state index in [1.165, 1.54) is 23.9 Å². The number of hydrogen-bond donors (Lipinski definition) is 2. The zero-order valence-electron chi connectivity index (χ0n) is 17.3. The van der Waals surface area contributed by atoms with E-state index in [2.05, 4.69) is 36.9 Å². The number of rotatable bonds is 3. The van der Waals surface area contributed by atoms with Crippen LogP contribution in [0, 0.1) is 13.8 Å². The SMILES string of the molecule is Cc1cc(C(C)(C)C)c(Cl)cc1-c1cc(=O)c(-c2cc(C(=O)O)n(C)n2)c(C)[nH]1. The molecule has 2 N–H and O–H groups in total. The summed E-state index contributed by atoms with van der Waals surface area (Å²) in [5.41, 5.74) is 4.54. The summed E-state index contributed by atoms with van der Waals surface area (Å²) in [6.07, 6.45) is 0. The first-order valence-corrected chi connectivity index (χ1v) is 9.60. The maximum Gasteiger partial charge on any atom is 0.354 e. The highest BCUT2D eigenvalue weighted by Gasteiger charge is 2.21. The van der Waals surface area contributed by atoms with Gasteiger partial charge < -0.3 is 10.1 Å². The minimum absolute atomic E-state index is 0.0169. The van der Waals surface area contributed by atoms with E-state index in [1.807, 2.05) is 13.0 Å². The van der Waals surface area contributed by atoms with E-state index >= 15 is 0 Å². The van der Waals surface area contributed by atoms with Gasteiger partial charge in [0, 0.05) is 35.1 Å². The fourth-order valence-corrected chi connectivity index (χ4v) is 3.94. The number of aromatic nitrogens is 3. The topological polar surface area (TPSA) is 88.0 Å². The van der Waals surface area contributed by atoms with Crippen molar-refractivity contribution in [2.45, 2.75) is 40.0 Å². The summed E-state index contributed by atoms with van der Waals surface area (Å²) in [5.74, 6) is -1.10. The van der Waals surface area contributed by atoms with E-state index in [9.17, 15) is 14.7 Å². The summed E-state index contributed by atoms with van der Waals surface area (Å²) in [4.78, 5) is 27.4. The van der Waals surface area contributed by atoms with Crippen LogP contribution < -0.4 is 5.43 Å². The molecule has 0 aliphatic heterocycles. The fraction of sp³-hybridized carbons (Fsp3) is 0.318. The number of nitrogens with one attached hydrogen (secondary N) is 1. The average Bonchev–Trinajstić information content (AvgIpc) is 2.96. The molecular weight excluding hydrogens is 390 g/mol. The van der Waals surface area contributed by atoms with Crippen molar-refractivity contribution >= 4 is 17.6 Å². The molecule has 2 aromatic heterocycles. The van der Waals surface area contributed by atoms with E-state index in [0.717, 1.165) is 16.7 Å². The lowest BCUT2D eigenvalue weighted by molar-refractivity contribution is 0.0685. The number of carbonyl (C=O) groups is 1. The molecule has 0 atom stereocenters. The van der Waals surface area contributed by atoms with Crippen LogP contribution in [-0.4, -0.2) is 25.8 Å². The smallest absolute Gasteiger partial charge is 0.354 e. The number of aromatic carboxylic acids is 1. The van der Waals surface area contributed by atoms with Crippen LogP contribution in [0.2, 0.25) is 5.02 Å². The Morgan fingerprint density at radius 1 is 1.17 bits per heavy atom. The third kappa shape index (κ3) is 3.85. The van der Waals surface area contributed by atoms with E-state index in [4.69, 9.17) is 11.6 Å². The molecular formula is C22H24ClN3O3. The van der Waals surface area contributed by atoms with Crippen molar-refractivity contribution in [1.82, 2.24) is 14.8 Å². The Kier molecular flexibility index (Phi) is 5.17. The average molecular weight is 414 g/mol. The number of carboxylic acids is 1. The van der Waals surface area contributed by atoms with Crippen LogP contribution in [0.4, 0.5) is 0 Å². The quantitative estimate of drug-likeness (QED) is 0.650. The molecule has 2 heterocycles. The third-order valence-corrected chi connectivity index (χ3v) is 5.30.